The second kappa shape index (κ2) is 3.79. The molecule has 1 aromatic heterocycles. The van der Waals surface area contributed by atoms with Crippen molar-refractivity contribution in [1.29, 1.82) is 0 Å². The minimum absolute atomic E-state index is 0.0484. The highest BCUT2D eigenvalue weighted by atomic mass is 19.1. The number of aryl methyl sites for hydroxylation is 1. The molecule has 1 unspecified atom stereocenters. The van der Waals surface area contributed by atoms with Crippen molar-refractivity contribution in [2.45, 2.75) is 19.9 Å². The van der Waals surface area contributed by atoms with Crippen LogP contribution in [0.3, 0.4) is 0 Å². The van der Waals surface area contributed by atoms with Crippen LogP contribution in [-0.2, 0) is 0 Å². The summed E-state index contributed by atoms with van der Waals surface area (Å²) in [7, 11) is 0. The fraction of sp³-hybridized carbons (Fsp3) is 0.250. The molecule has 2 aromatic rings. The highest BCUT2D eigenvalue weighted by Gasteiger charge is 2.14. The van der Waals surface area contributed by atoms with Gasteiger partial charge in [-0.25, -0.2) is 13.8 Å². The van der Waals surface area contributed by atoms with Crippen LogP contribution in [0.5, 0.6) is 0 Å². The van der Waals surface area contributed by atoms with Gasteiger partial charge in [-0.1, -0.05) is 0 Å². The highest BCUT2D eigenvalue weighted by Crippen LogP contribution is 2.27. The zero-order chi connectivity index (χ0) is 11.9. The molecule has 0 radical (unpaired) electrons. The molecule has 0 bridgehead atoms. The number of hydrogen-bond acceptors (Lipinski definition) is 2. The van der Waals surface area contributed by atoms with E-state index < -0.39 is 11.6 Å². The predicted molar refractivity (Wildman–Crippen MR) is 59.0 cm³/mol. The highest BCUT2D eigenvalue weighted by molar-refractivity contribution is 5.84. The first-order chi connectivity index (χ1) is 7.50. The summed E-state index contributed by atoms with van der Waals surface area (Å²) in [5.41, 5.74) is 7.01. The third-order valence-corrected chi connectivity index (χ3v) is 2.51. The number of pyridine rings is 1. The van der Waals surface area contributed by atoms with Crippen molar-refractivity contribution in [3.8, 4) is 0 Å². The Labute approximate surface area is 92.1 Å². The van der Waals surface area contributed by atoms with Crippen LogP contribution in [0.4, 0.5) is 8.78 Å². The van der Waals surface area contributed by atoms with Gasteiger partial charge in [0, 0.05) is 17.1 Å². The van der Waals surface area contributed by atoms with E-state index in [-0.39, 0.29) is 16.9 Å². The number of halogens is 2. The van der Waals surface area contributed by atoms with Gasteiger partial charge in [-0.3, -0.25) is 0 Å². The number of nitrogens with two attached hydrogens (primary N) is 1. The Hall–Kier alpha value is -1.55. The number of rotatable bonds is 1. The van der Waals surface area contributed by atoms with E-state index in [2.05, 4.69) is 4.98 Å². The second-order valence-electron chi connectivity index (χ2n) is 3.89. The van der Waals surface area contributed by atoms with Crippen molar-refractivity contribution in [1.82, 2.24) is 4.98 Å². The number of fused-ring (bicyclic) bond motifs is 1. The summed E-state index contributed by atoms with van der Waals surface area (Å²) in [4.78, 5) is 4.01. The van der Waals surface area contributed by atoms with Crippen molar-refractivity contribution in [2.75, 3.05) is 0 Å². The Bertz CT molecular complexity index is 550. The fourth-order valence-electron chi connectivity index (χ4n) is 1.79. The maximum atomic E-state index is 13.7. The third-order valence-electron chi connectivity index (χ3n) is 2.51. The quantitative estimate of drug-likeness (QED) is 0.805. The molecule has 2 nitrogen and oxygen atoms in total. The molecule has 0 spiro atoms. The van der Waals surface area contributed by atoms with Crippen LogP contribution in [0.2, 0.25) is 0 Å². The lowest BCUT2D eigenvalue weighted by molar-refractivity contribution is 0.613. The van der Waals surface area contributed by atoms with E-state index in [1.54, 1.807) is 19.9 Å². The Balaban J connectivity index is 2.95. The minimum atomic E-state index is -0.526. The van der Waals surface area contributed by atoms with Crippen molar-refractivity contribution in [2.24, 2.45) is 5.73 Å². The maximum Gasteiger partial charge on any atom is 0.149 e. The summed E-state index contributed by atoms with van der Waals surface area (Å²) in [6.45, 7) is 3.47. The zero-order valence-corrected chi connectivity index (χ0v) is 9.09. The van der Waals surface area contributed by atoms with Crippen molar-refractivity contribution >= 4 is 10.9 Å². The molecule has 0 saturated carbocycles. The first kappa shape index (κ1) is 11.0. The van der Waals surface area contributed by atoms with Gasteiger partial charge in [0.05, 0.1) is 0 Å². The number of hydrogen-bond donors (Lipinski definition) is 1. The number of aromatic nitrogens is 1. The van der Waals surface area contributed by atoms with Crippen LogP contribution >= 0.6 is 0 Å². The summed E-state index contributed by atoms with van der Waals surface area (Å²) in [5.74, 6) is -1.02. The van der Waals surface area contributed by atoms with Gasteiger partial charge >= 0.3 is 0 Å². The van der Waals surface area contributed by atoms with Crippen LogP contribution in [0, 0.1) is 18.6 Å². The van der Waals surface area contributed by atoms with Crippen molar-refractivity contribution < 1.29 is 8.78 Å². The first-order valence-electron chi connectivity index (χ1n) is 5.01. The summed E-state index contributed by atoms with van der Waals surface area (Å²) < 4.78 is 27.2. The molecule has 16 heavy (non-hydrogen) atoms. The summed E-state index contributed by atoms with van der Waals surface area (Å²) in [6.07, 6.45) is 0. The van der Waals surface area contributed by atoms with E-state index >= 15 is 0 Å². The smallest absolute Gasteiger partial charge is 0.149 e. The molecule has 0 aliphatic rings. The molecular formula is C12H12F2N2. The lowest BCUT2D eigenvalue weighted by Crippen LogP contribution is -2.08. The van der Waals surface area contributed by atoms with Gasteiger partial charge in [-0.2, -0.15) is 0 Å². The van der Waals surface area contributed by atoms with Crippen molar-refractivity contribution in [3.63, 3.8) is 0 Å². The predicted octanol–water partition coefficient (Wildman–Crippen LogP) is 2.84. The lowest BCUT2D eigenvalue weighted by atomic mass is 10.0. The molecule has 0 saturated heterocycles. The van der Waals surface area contributed by atoms with Gasteiger partial charge in [0.1, 0.15) is 17.2 Å². The maximum absolute atomic E-state index is 13.7. The second-order valence-corrected chi connectivity index (χ2v) is 3.89. The number of benzene rings is 1. The normalized spacial score (nSPS) is 13.1. The molecule has 1 atom stereocenters. The Kier molecular flexibility index (Phi) is 2.59. The average Bonchev–Trinajstić information content (AvgIpc) is 2.22. The Morgan fingerprint density at radius 3 is 2.50 bits per heavy atom. The molecule has 84 valence electrons. The van der Waals surface area contributed by atoms with E-state index in [0.29, 0.717) is 11.3 Å². The van der Waals surface area contributed by atoms with Gasteiger partial charge in [0.15, 0.2) is 0 Å². The van der Waals surface area contributed by atoms with Crippen LogP contribution in [-0.4, -0.2) is 4.98 Å². The molecule has 0 amide bonds. The van der Waals surface area contributed by atoms with E-state index in [9.17, 15) is 8.78 Å². The third kappa shape index (κ3) is 1.65. The lowest BCUT2D eigenvalue weighted by Gasteiger charge is -2.12. The molecule has 0 aliphatic carbocycles. The molecule has 0 aliphatic heterocycles. The van der Waals surface area contributed by atoms with E-state index in [1.807, 2.05) is 0 Å². The SMILES string of the molecule is Cc1cc(C(C)N)c2c(F)ccc(F)c2n1. The van der Waals surface area contributed by atoms with Gasteiger partial charge in [0.2, 0.25) is 0 Å². The molecule has 1 aromatic carbocycles. The summed E-state index contributed by atoms with van der Waals surface area (Å²) >= 11 is 0. The molecule has 2 N–H and O–H groups in total. The van der Waals surface area contributed by atoms with E-state index in [0.717, 1.165) is 12.1 Å². The number of nitrogens with zero attached hydrogens (tertiary/aromatic N) is 1. The standard InChI is InChI=1S/C12H12F2N2/c1-6-5-8(7(2)15)11-9(13)3-4-10(14)12(11)16-6/h3-5,7H,15H2,1-2H3. The van der Waals surface area contributed by atoms with Crippen molar-refractivity contribution in [3.05, 3.63) is 41.1 Å². The monoisotopic (exact) mass is 222 g/mol. The zero-order valence-electron chi connectivity index (χ0n) is 9.09. The van der Waals surface area contributed by atoms with Crippen LogP contribution in [0.15, 0.2) is 18.2 Å². The van der Waals surface area contributed by atoms with Crippen LogP contribution in [0.25, 0.3) is 10.9 Å². The van der Waals surface area contributed by atoms with Gasteiger partial charge in [0.25, 0.3) is 0 Å². The molecular weight excluding hydrogens is 210 g/mol. The van der Waals surface area contributed by atoms with Gasteiger partial charge < -0.3 is 5.73 Å². The average molecular weight is 222 g/mol. The molecule has 0 fully saturated rings. The fourth-order valence-corrected chi connectivity index (χ4v) is 1.79. The Morgan fingerprint density at radius 1 is 1.25 bits per heavy atom. The summed E-state index contributed by atoms with van der Waals surface area (Å²) in [5, 5.41) is 0.181. The van der Waals surface area contributed by atoms with Crippen LogP contribution in [0.1, 0.15) is 24.2 Å². The van der Waals surface area contributed by atoms with Gasteiger partial charge in [-0.05, 0) is 37.6 Å². The summed E-state index contributed by atoms with van der Waals surface area (Å²) in [6, 6.07) is 3.51. The molecule has 2 rings (SSSR count). The van der Waals surface area contributed by atoms with E-state index in [1.165, 1.54) is 0 Å². The topological polar surface area (TPSA) is 38.9 Å². The Morgan fingerprint density at radius 2 is 1.88 bits per heavy atom. The molecule has 1 heterocycles. The minimum Gasteiger partial charge on any atom is -0.324 e. The van der Waals surface area contributed by atoms with Gasteiger partial charge in [-0.15, -0.1) is 0 Å². The largest absolute Gasteiger partial charge is 0.324 e. The molecule has 4 heteroatoms. The van der Waals surface area contributed by atoms with Crippen LogP contribution < -0.4 is 5.73 Å². The first-order valence-corrected chi connectivity index (χ1v) is 5.01. The van der Waals surface area contributed by atoms with E-state index in [4.69, 9.17) is 5.73 Å².